The van der Waals surface area contributed by atoms with Crippen LogP contribution in [-0.2, 0) is 4.74 Å². The number of ether oxygens (including phenoxy) is 1. The number of carboxylic acids is 1. The Balaban J connectivity index is 2.24. The predicted octanol–water partition coefficient (Wildman–Crippen LogP) is 0.876. The highest BCUT2D eigenvalue weighted by Gasteiger charge is 2.24. The van der Waals surface area contributed by atoms with Crippen LogP contribution in [0.15, 0.2) is 6.07 Å². The Kier molecular flexibility index (Phi) is 3.88. The standard InChI is InChI=1S/C12H17N3O3/c1-3-15-4-5-18-10(7-15)11-13-8(2)6-9(14-11)12(16)17/h6,10H,3-5,7H2,1-2H3,(H,16,17). The number of aromatic nitrogens is 2. The minimum absolute atomic E-state index is 0.0229. The van der Waals surface area contributed by atoms with Crippen molar-refractivity contribution in [2.24, 2.45) is 0 Å². The van der Waals surface area contributed by atoms with Gasteiger partial charge in [0.2, 0.25) is 0 Å². The Bertz CT molecular complexity index is 450. The van der Waals surface area contributed by atoms with Gasteiger partial charge in [0.25, 0.3) is 0 Å². The molecule has 0 saturated carbocycles. The second-order valence-corrected chi connectivity index (χ2v) is 4.31. The molecule has 6 nitrogen and oxygen atoms in total. The third-order valence-corrected chi connectivity index (χ3v) is 2.98. The Hall–Kier alpha value is -1.53. The summed E-state index contributed by atoms with van der Waals surface area (Å²) in [6.07, 6.45) is -0.239. The van der Waals surface area contributed by atoms with E-state index in [1.165, 1.54) is 6.07 Å². The van der Waals surface area contributed by atoms with Crippen molar-refractivity contribution < 1.29 is 14.6 Å². The van der Waals surface area contributed by atoms with Crippen molar-refractivity contribution in [1.29, 1.82) is 0 Å². The third-order valence-electron chi connectivity index (χ3n) is 2.98. The molecule has 18 heavy (non-hydrogen) atoms. The number of hydrogen-bond acceptors (Lipinski definition) is 5. The molecule has 0 radical (unpaired) electrons. The molecule has 1 fully saturated rings. The Labute approximate surface area is 106 Å². The SMILES string of the molecule is CCN1CCOC(c2nc(C)cc(C(=O)O)n2)C1. The van der Waals surface area contributed by atoms with E-state index in [4.69, 9.17) is 9.84 Å². The topological polar surface area (TPSA) is 75.5 Å². The third kappa shape index (κ3) is 2.83. The number of aromatic carboxylic acids is 1. The van der Waals surface area contributed by atoms with E-state index >= 15 is 0 Å². The van der Waals surface area contributed by atoms with Crippen LogP contribution in [0.3, 0.4) is 0 Å². The summed E-state index contributed by atoms with van der Waals surface area (Å²) in [5, 5.41) is 8.99. The zero-order valence-electron chi connectivity index (χ0n) is 10.6. The van der Waals surface area contributed by atoms with Gasteiger partial charge in [-0.25, -0.2) is 14.8 Å². The van der Waals surface area contributed by atoms with Crippen molar-refractivity contribution >= 4 is 5.97 Å². The molecule has 1 saturated heterocycles. The van der Waals surface area contributed by atoms with Crippen molar-refractivity contribution in [3.8, 4) is 0 Å². The number of likely N-dealkylation sites (N-methyl/N-ethyl adjacent to an activating group) is 1. The number of hydrogen-bond donors (Lipinski definition) is 1. The summed E-state index contributed by atoms with van der Waals surface area (Å²) in [5.41, 5.74) is 0.671. The smallest absolute Gasteiger partial charge is 0.354 e. The average molecular weight is 251 g/mol. The van der Waals surface area contributed by atoms with Crippen LogP contribution in [0.2, 0.25) is 0 Å². The van der Waals surface area contributed by atoms with Crippen molar-refractivity contribution in [3.63, 3.8) is 0 Å². The van der Waals surface area contributed by atoms with E-state index in [1.54, 1.807) is 6.92 Å². The molecular formula is C12H17N3O3. The van der Waals surface area contributed by atoms with Gasteiger partial charge in [0.15, 0.2) is 11.5 Å². The van der Waals surface area contributed by atoms with Crippen LogP contribution in [0.25, 0.3) is 0 Å². The molecule has 0 spiro atoms. The van der Waals surface area contributed by atoms with Crippen LogP contribution in [0, 0.1) is 6.92 Å². The molecule has 0 aromatic carbocycles. The highest BCUT2D eigenvalue weighted by molar-refractivity contribution is 5.85. The van der Waals surface area contributed by atoms with E-state index in [0.29, 0.717) is 24.7 Å². The molecule has 1 aliphatic heterocycles. The first kappa shape index (κ1) is 12.9. The Morgan fingerprint density at radius 2 is 2.39 bits per heavy atom. The lowest BCUT2D eigenvalue weighted by Gasteiger charge is -2.31. The van der Waals surface area contributed by atoms with Crippen LogP contribution in [-0.4, -0.2) is 52.2 Å². The molecule has 2 rings (SSSR count). The second kappa shape index (κ2) is 5.41. The average Bonchev–Trinajstić information content (AvgIpc) is 2.38. The monoisotopic (exact) mass is 251 g/mol. The lowest BCUT2D eigenvalue weighted by Crippen LogP contribution is -2.38. The summed E-state index contributed by atoms with van der Waals surface area (Å²) in [5.74, 6) is -0.574. The predicted molar refractivity (Wildman–Crippen MR) is 64.5 cm³/mol. The highest BCUT2D eigenvalue weighted by atomic mass is 16.5. The molecule has 1 unspecified atom stereocenters. The second-order valence-electron chi connectivity index (χ2n) is 4.31. The number of nitrogens with zero attached hydrogens (tertiary/aromatic N) is 3. The maximum absolute atomic E-state index is 11.0. The lowest BCUT2D eigenvalue weighted by molar-refractivity contribution is -0.0327. The number of rotatable bonds is 3. The molecule has 98 valence electrons. The van der Waals surface area contributed by atoms with Gasteiger partial charge in [0.1, 0.15) is 6.10 Å². The summed E-state index contributed by atoms with van der Waals surface area (Å²) < 4.78 is 5.63. The summed E-state index contributed by atoms with van der Waals surface area (Å²) >= 11 is 0. The van der Waals surface area contributed by atoms with E-state index in [2.05, 4.69) is 21.8 Å². The Morgan fingerprint density at radius 1 is 1.61 bits per heavy atom. The summed E-state index contributed by atoms with van der Waals surface area (Å²) in [4.78, 5) is 21.5. The first-order valence-corrected chi connectivity index (χ1v) is 6.03. The van der Waals surface area contributed by atoms with Crippen LogP contribution in [0.4, 0.5) is 0 Å². The van der Waals surface area contributed by atoms with Crippen molar-refractivity contribution in [2.45, 2.75) is 20.0 Å². The lowest BCUT2D eigenvalue weighted by atomic mass is 10.2. The molecule has 0 bridgehead atoms. The summed E-state index contributed by atoms with van der Waals surface area (Å²) in [7, 11) is 0. The minimum atomic E-state index is -1.04. The van der Waals surface area contributed by atoms with Gasteiger partial charge in [-0.1, -0.05) is 6.92 Å². The summed E-state index contributed by atoms with van der Waals surface area (Å²) in [6, 6.07) is 1.46. The maximum atomic E-state index is 11.0. The maximum Gasteiger partial charge on any atom is 0.354 e. The quantitative estimate of drug-likeness (QED) is 0.859. The normalized spacial score (nSPS) is 20.9. The molecule has 1 aromatic rings. The number of carbonyl (C=O) groups is 1. The Morgan fingerprint density at radius 3 is 3.06 bits per heavy atom. The fourth-order valence-corrected chi connectivity index (χ4v) is 1.99. The first-order valence-electron chi connectivity index (χ1n) is 6.03. The summed E-state index contributed by atoms with van der Waals surface area (Å²) in [6.45, 7) is 7.01. The molecule has 1 N–H and O–H groups in total. The number of morpholine rings is 1. The van der Waals surface area contributed by atoms with Gasteiger partial charge in [-0.05, 0) is 19.5 Å². The minimum Gasteiger partial charge on any atom is -0.477 e. The van der Waals surface area contributed by atoms with E-state index in [-0.39, 0.29) is 11.8 Å². The molecule has 1 atom stereocenters. The van der Waals surface area contributed by atoms with E-state index < -0.39 is 5.97 Å². The van der Waals surface area contributed by atoms with Crippen molar-refractivity contribution in [3.05, 3.63) is 23.3 Å². The molecule has 2 heterocycles. The van der Waals surface area contributed by atoms with Crippen molar-refractivity contribution in [1.82, 2.24) is 14.9 Å². The zero-order chi connectivity index (χ0) is 13.1. The zero-order valence-corrected chi connectivity index (χ0v) is 10.6. The fourth-order valence-electron chi connectivity index (χ4n) is 1.99. The molecule has 0 aliphatic carbocycles. The number of aryl methyl sites for hydroxylation is 1. The van der Waals surface area contributed by atoms with E-state index in [1.807, 2.05) is 0 Å². The molecular weight excluding hydrogens is 234 g/mol. The van der Waals surface area contributed by atoms with Gasteiger partial charge in [-0.3, -0.25) is 4.90 Å². The van der Waals surface area contributed by atoms with E-state index in [0.717, 1.165) is 13.1 Å². The molecule has 6 heteroatoms. The highest BCUT2D eigenvalue weighted by Crippen LogP contribution is 2.19. The van der Waals surface area contributed by atoms with Crippen LogP contribution in [0.5, 0.6) is 0 Å². The molecule has 0 amide bonds. The van der Waals surface area contributed by atoms with Crippen LogP contribution >= 0.6 is 0 Å². The van der Waals surface area contributed by atoms with Gasteiger partial charge in [0.05, 0.1) is 6.61 Å². The van der Waals surface area contributed by atoms with E-state index in [9.17, 15) is 4.79 Å². The fraction of sp³-hybridized carbons (Fsp3) is 0.583. The molecule has 1 aliphatic rings. The molecule has 1 aromatic heterocycles. The van der Waals surface area contributed by atoms with Gasteiger partial charge in [0, 0.05) is 18.8 Å². The van der Waals surface area contributed by atoms with Crippen molar-refractivity contribution in [2.75, 3.05) is 26.2 Å². The largest absolute Gasteiger partial charge is 0.477 e. The first-order chi connectivity index (χ1) is 8.60. The van der Waals surface area contributed by atoms with Gasteiger partial charge in [-0.15, -0.1) is 0 Å². The number of carboxylic acid groups (broad SMARTS) is 1. The van der Waals surface area contributed by atoms with Crippen LogP contribution < -0.4 is 0 Å². The van der Waals surface area contributed by atoms with Gasteiger partial charge < -0.3 is 9.84 Å². The van der Waals surface area contributed by atoms with Gasteiger partial charge >= 0.3 is 5.97 Å². The van der Waals surface area contributed by atoms with Crippen LogP contribution in [0.1, 0.15) is 35.0 Å². The van der Waals surface area contributed by atoms with Gasteiger partial charge in [-0.2, -0.15) is 0 Å².